The number of para-hydroxylation sites is 1. The molecular formula is C16H14N2OS. The first-order valence-corrected chi connectivity index (χ1v) is 7.56. The molecule has 2 aromatic heterocycles. The van der Waals surface area contributed by atoms with Gasteiger partial charge in [-0.1, -0.05) is 24.3 Å². The summed E-state index contributed by atoms with van der Waals surface area (Å²) in [6, 6.07) is 12.5. The van der Waals surface area contributed by atoms with Crippen LogP contribution in [0.25, 0.3) is 10.7 Å². The number of hydrogen-bond donors (Lipinski definition) is 0. The molecule has 4 rings (SSSR count). The first kappa shape index (κ1) is 11.7. The minimum Gasteiger partial charge on any atom is -0.493 e. The first-order chi connectivity index (χ1) is 9.92. The Morgan fingerprint density at radius 3 is 3.10 bits per heavy atom. The van der Waals surface area contributed by atoms with Crippen LogP contribution in [-0.2, 0) is 6.54 Å². The van der Waals surface area contributed by atoms with Crippen LogP contribution in [0.3, 0.4) is 0 Å². The lowest BCUT2D eigenvalue weighted by Gasteiger charge is -2.12. The molecule has 3 aromatic rings. The van der Waals surface area contributed by atoms with Gasteiger partial charge in [-0.05, 0) is 17.5 Å². The molecule has 0 aliphatic carbocycles. The van der Waals surface area contributed by atoms with E-state index in [4.69, 9.17) is 4.74 Å². The van der Waals surface area contributed by atoms with Crippen LogP contribution in [-0.4, -0.2) is 16.2 Å². The Bertz CT molecular complexity index is 718. The molecule has 0 fully saturated rings. The van der Waals surface area contributed by atoms with Crippen molar-refractivity contribution in [1.82, 2.24) is 9.55 Å². The number of nitrogens with zero attached hydrogens (tertiary/aromatic N) is 2. The smallest absolute Gasteiger partial charge is 0.150 e. The number of thiophene rings is 1. The van der Waals surface area contributed by atoms with Gasteiger partial charge in [-0.15, -0.1) is 11.3 Å². The highest BCUT2D eigenvalue weighted by atomic mass is 32.1. The van der Waals surface area contributed by atoms with E-state index in [0.29, 0.717) is 5.92 Å². The monoisotopic (exact) mass is 282 g/mol. The Balaban J connectivity index is 1.64. The van der Waals surface area contributed by atoms with Crippen LogP contribution < -0.4 is 4.74 Å². The normalized spacial score (nSPS) is 16.9. The predicted molar refractivity (Wildman–Crippen MR) is 80.2 cm³/mol. The average Bonchev–Trinajstić information content (AvgIpc) is 3.19. The molecule has 0 N–H and O–H groups in total. The molecule has 0 saturated carbocycles. The van der Waals surface area contributed by atoms with Crippen LogP contribution in [0.2, 0.25) is 0 Å². The minimum absolute atomic E-state index is 0.402. The molecule has 20 heavy (non-hydrogen) atoms. The summed E-state index contributed by atoms with van der Waals surface area (Å²) in [5.74, 6) is 2.47. The van der Waals surface area contributed by atoms with E-state index in [-0.39, 0.29) is 0 Å². The Hall–Kier alpha value is -2.07. The maximum Gasteiger partial charge on any atom is 0.150 e. The van der Waals surface area contributed by atoms with Crippen molar-refractivity contribution in [3.8, 4) is 16.5 Å². The van der Waals surface area contributed by atoms with Gasteiger partial charge in [0.25, 0.3) is 0 Å². The third-order valence-electron chi connectivity index (χ3n) is 3.67. The summed E-state index contributed by atoms with van der Waals surface area (Å²) < 4.78 is 7.98. The second-order valence-electron chi connectivity index (χ2n) is 4.93. The third-order valence-corrected chi connectivity index (χ3v) is 4.54. The van der Waals surface area contributed by atoms with E-state index in [9.17, 15) is 0 Å². The van der Waals surface area contributed by atoms with Gasteiger partial charge in [-0.25, -0.2) is 4.98 Å². The molecule has 0 radical (unpaired) electrons. The Morgan fingerprint density at radius 2 is 2.20 bits per heavy atom. The van der Waals surface area contributed by atoms with Crippen molar-refractivity contribution in [2.75, 3.05) is 6.61 Å². The maximum atomic E-state index is 5.76. The van der Waals surface area contributed by atoms with Crippen molar-refractivity contribution in [2.24, 2.45) is 0 Å². The van der Waals surface area contributed by atoms with Gasteiger partial charge in [0, 0.05) is 30.4 Å². The van der Waals surface area contributed by atoms with Gasteiger partial charge in [0.2, 0.25) is 0 Å². The van der Waals surface area contributed by atoms with Crippen LogP contribution in [0, 0.1) is 0 Å². The molecule has 1 aliphatic rings. The number of ether oxygens (including phenoxy) is 1. The molecule has 1 atom stereocenters. The van der Waals surface area contributed by atoms with Crippen LogP contribution in [0.4, 0.5) is 0 Å². The number of rotatable bonds is 3. The SMILES string of the molecule is c1csc(-c2nccn2CC2COc3ccccc32)c1. The van der Waals surface area contributed by atoms with Gasteiger partial charge < -0.3 is 9.30 Å². The largest absolute Gasteiger partial charge is 0.493 e. The molecule has 0 bridgehead atoms. The second-order valence-corrected chi connectivity index (χ2v) is 5.87. The van der Waals surface area contributed by atoms with Crippen molar-refractivity contribution in [3.63, 3.8) is 0 Å². The van der Waals surface area contributed by atoms with E-state index < -0.39 is 0 Å². The standard InChI is InChI=1S/C16H14N2OS/c1-2-5-14-13(4-1)12(11-19-14)10-18-8-7-17-16(18)15-6-3-9-20-15/h1-9,12H,10-11H2. The summed E-state index contributed by atoms with van der Waals surface area (Å²) >= 11 is 1.72. The number of imidazole rings is 1. The zero-order valence-corrected chi connectivity index (χ0v) is 11.7. The van der Waals surface area contributed by atoms with Gasteiger partial charge in [-0.3, -0.25) is 0 Å². The van der Waals surface area contributed by atoms with Gasteiger partial charge in [0.05, 0.1) is 11.5 Å². The van der Waals surface area contributed by atoms with Crippen LogP contribution in [0.15, 0.2) is 54.2 Å². The summed E-state index contributed by atoms with van der Waals surface area (Å²) in [5, 5.41) is 2.09. The highest BCUT2D eigenvalue weighted by molar-refractivity contribution is 7.13. The summed E-state index contributed by atoms with van der Waals surface area (Å²) in [4.78, 5) is 5.70. The van der Waals surface area contributed by atoms with Gasteiger partial charge >= 0.3 is 0 Å². The van der Waals surface area contributed by atoms with Crippen molar-refractivity contribution in [2.45, 2.75) is 12.5 Å². The van der Waals surface area contributed by atoms with E-state index in [1.54, 1.807) is 11.3 Å². The van der Waals surface area contributed by atoms with Crippen molar-refractivity contribution >= 4 is 11.3 Å². The summed E-state index contributed by atoms with van der Waals surface area (Å²) in [6.45, 7) is 1.66. The number of fused-ring (bicyclic) bond motifs is 1. The molecule has 1 unspecified atom stereocenters. The van der Waals surface area contributed by atoms with Gasteiger partial charge in [0.15, 0.2) is 0 Å². The van der Waals surface area contributed by atoms with Crippen LogP contribution >= 0.6 is 11.3 Å². The Labute approximate surface area is 121 Å². The minimum atomic E-state index is 0.402. The molecule has 1 aliphatic heterocycles. The van der Waals surface area contributed by atoms with Crippen molar-refractivity contribution in [3.05, 3.63) is 59.7 Å². The molecule has 100 valence electrons. The highest BCUT2D eigenvalue weighted by Crippen LogP contribution is 2.35. The topological polar surface area (TPSA) is 27.1 Å². The Kier molecular flexibility index (Phi) is 2.81. The molecule has 3 nitrogen and oxygen atoms in total. The first-order valence-electron chi connectivity index (χ1n) is 6.68. The lowest BCUT2D eigenvalue weighted by atomic mass is 10.0. The van der Waals surface area contributed by atoms with E-state index in [0.717, 1.165) is 24.7 Å². The number of hydrogen-bond acceptors (Lipinski definition) is 3. The fourth-order valence-corrected chi connectivity index (χ4v) is 3.44. The third kappa shape index (κ3) is 1.93. The highest BCUT2D eigenvalue weighted by Gasteiger charge is 2.24. The molecular weight excluding hydrogens is 268 g/mol. The predicted octanol–water partition coefficient (Wildman–Crippen LogP) is 3.79. The zero-order chi connectivity index (χ0) is 13.4. The average molecular weight is 282 g/mol. The molecule has 3 heterocycles. The maximum absolute atomic E-state index is 5.76. The van der Waals surface area contributed by atoms with E-state index in [2.05, 4.69) is 45.4 Å². The van der Waals surface area contributed by atoms with E-state index in [1.807, 2.05) is 18.3 Å². The summed E-state index contributed by atoms with van der Waals surface area (Å²) in [7, 11) is 0. The lowest BCUT2D eigenvalue weighted by Crippen LogP contribution is -2.10. The summed E-state index contributed by atoms with van der Waals surface area (Å²) in [5.41, 5.74) is 1.30. The fourth-order valence-electron chi connectivity index (χ4n) is 2.71. The van der Waals surface area contributed by atoms with Gasteiger partial charge in [0.1, 0.15) is 11.6 Å². The quantitative estimate of drug-likeness (QED) is 0.731. The van der Waals surface area contributed by atoms with Crippen molar-refractivity contribution in [1.29, 1.82) is 0 Å². The number of aromatic nitrogens is 2. The van der Waals surface area contributed by atoms with Crippen LogP contribution in [0.5, 0.6) is 5.75 Å². The fraction of sp³-hybridized carbons (Fsp3) is 0.188. The molecule has 1 aromatic carbocycles. The second kappa shape index (κ2) is 4.80. The lowest BCUT2D eigenvalue weighted by molar-refractivity contribution is 0.319. The van der Waals surface area contributed by atoms with Crippen LogP contribution in [0.1, 0.15) is 11.5 Å². The summed E-state index contributed by atoms with van der Waals surface area (Å²) in [6.07, 6.45) is 3.92. The number of benzene rings is 1. The molecule has 0 saturated heterocycles. The molecule has 0 spiro atoms. The zero-order valence-electron chi connectivity index (χ0n) is 10.9. The van der Waals surface area contributed by atoms with E-state index >= 15 is 0 Å². The van der Waals surface area contributed by atoms with Crippen molar-refractivity contribution < 1.29 is 4.74 Å². The van der Waals surface area contributed by atoms with E-state index in [1.165, 1.54) is 10.4 Å². The molecule has 4 heteroatoms. The molecule has 0 amide bonds. The Morgan fingerprint density at radius 1 is 1.25 bits per heavy atom. The van der Waals surface area contributed by atoms with Gasteiger partial charge in [-0.2, -0.15) is 0 Å².